The number of nitrogens with one attached hydrogen (secondary N) is 1. The molecule has 0 radical (unpaired) electrons. The van der Waals surface area contributed by atoms with E-state index >= 15 is 0 Å². The molecule has 1 aromatic heterocycles. The third-order valence-electron chi connectivity index (χ3n) is 4.83. The van der Waals surface area contributed by atoms with Crippen LogP contribution in [0.3, 0.4) is 0 Å². The predicted octanol–water partition coefficient (Wildman–Crippen LogP) is 2.29. The van der Waals surface area contributed by atoms with Gasteiger partial charge < -0.3 is 9.88 Å². The normalized spacial score (nSPS) is 18.0. The smallest absolute Gasteiger partial charge is 0.251 e. The molecule has 1 amide bonds. The molecule has 1 saturated heterocycles. The highest BCUT2D eigenvalue weighted by atomic mass is 16.1. The molecule has 5 nitrogen and oxygen atoms in total. The molecule has 1 aromatic carbocycles. The van der Waals surface area contributed by atoms with Gasteiger partial charge in [-0.1, -0.05) is 17.7 Å². The van der Waals surface area contributed by atoms with Crippen molar-refractivity contribution in [3.05, 3.63) is 53.1 Å². The molecule has 0 bridgehead atoms. The second-order valence-corrected chi connectivity index (χ2v) is 6.87. The highest BCUT2D eigenvalue weighted by Crippen LogP contribution is 2.18. The number of carbonyl (C=O) groups excluding carboxylic acids is 1. The number of benzene rings is 1. The van der Waals surface area contributed by atoms with Gasteiger partial charge in [-0.15, -0.1) is 0 Å². The lowest BCUT2D eigenvalue weighted by molar-refractivity contribution is 0.0946. The van der Waals surface area contributed by atoms with Crippen LogP contribution in [0.4, 0.5) is 0 Å². The van der Waals surface area contributed by atoms with Crippen LogP contribution in [0.25, 0.3) is 0 Å². The average molecular weight is 326 g/mol. The summed E-state index contributed by atoms with van der Waals surface area (Å²) in [5.74, 6) is 1.64. The summed E-state index contributed by atoms with van der Waals surface area (Å²) in [5, 5.41) is 3.11. The molecule has 1 aliphatic rings. The van der Waals surface area contributed by atoms with Crippen LogP contribution in [-0.2, 0) is 13.6 Å². The van der Waals surface area contributed by atoms with Crippen LogP contribution in [0.5, 0.6) is 0 Å². The van der Waals surface area contributed by atoms with Crippen molar-refractivity contribution in [2.45, 2.75) is 26.8 Å². The van der Waals surface area contributed by atoms with Crippen molar-refractivity contribution in [1.82, 2.24) is 19.8 Å². The first-order valence-corrected chi connectivity index (χ1v) is 8.57. The van der Waals surface area contributed by atoms with E-state index in [1.807, 2.05) is 45.4 Å². The van der Waals surface area contributed by atoms with Gasteiger partial charge in [0.2, 0.25) is 0 Å². The fraction of sp³-hybridized carbons (Fsp3) is 0.474. The maximum Gasteiger partial charge on any atom is 0.251 e. The second kappa shape index (κ2) is 7.18. The first kappa shape index (κ1) is 16.7. The Morgan fingerprint density at radius 2 is 2.21 bits per heavy atom. The Hall–Kier alpha value is -2.14. The molecule has 0 unspecified atom stereocenters. The minimum absolute atomic E-state index is 0.0371. The van der Waals surface area contributed by atoms with Crippen molar-refractivity contribution < 1.29 is 4.79 Å². The summed E-state index contributed by atoms with van der Waals surface area (Å²) in [6.07, 6.45) is 4.94. The van der Waals surface area contributed by atoms with Crippen LogP contribution in [-0.4, -0.2) is 40.0 Å². The van der Waals surface area contributed by atoms with E-state index in [0.29, 0.717) is 5.92 Å². The Balaban J connectivity index is 1.49. The molecule has 24 heavy (non-hydrogen) atoms. The number of aryl methyl sites for hydroxylation is 3. The molecule has 2 aromatic rings. The summed E-state index contributed by atoms with van der Waals surface area (Å²) >= 11 is 0. The Labute approximate surface area is 143 Å². The number of hydrogen-bond acceptors (Lipinski definition) is 3. The monoisotopic (exact) mass is 326 g/mol. The molecule has 1 N–H and O–H groups in total. The summed E-state index contributed by atoms with van der Waals surface area (Å²) in [7, 11) is 2.03. The summed E-state index contributed by atoms with van der Waals surface area (Å²) in [6.45, 7) is 7.74. The van der Waals surface area contributed by atoms with E-state index in [-0.39, 0.29) is 5.91 Å². The molecule has 1 atom stereocenters. The van der Waals surface area contributed by atoms with Crippen LogP contribution in [0.2, 0.25) is 0 Å². The minimum atomic E-state index is 0.0371. The molecule has 0 aliphatic carbocycles. The van der Waals surface area contributed by atoms with Crippen LogP contribution in [0.1, 0.15) is 33.7 Å². The Morgan fingerprint density at radius 1 is 1.38 bits per heavy atom. The van der Waals surface area contributed by atoms with E-state index < -0.39 is 0 Å². The fourth-order valence-electron chi connectivity index (χ4n) is 3.37. The van der Waals surface area contributed by atoms with Crippen molar-refractivity contribution >= 4 is 5.91 Å². The predicted molar refractivity (Wildman–Crippen MR) is 94.8 cm³/mol. The molecule has 3 rings (SSSR count). The molecule has 1 aliphatic heterocycles. The molecule has 2 heterocycles. The van der Waals surface area contributed by atoms with Crippen LogP contribution in [0.15, 0.2) is 30.6 Å². The first-order valence-electron chi connectivity index (χ1n) is 8.57. The van der Waals surface area contributed by atoms with Crippen LogP contribution >= 0.6 is 0 Å². The van der Waals surface area contributed by atoms with Crippen LogP contribution < -0.4 is 5.32 Å². The maximum absolute atomic E-state index is 12.4. The Morgan fingerprint density at radius 3 is 2.92 bits per heavy atom. The molecular weight excluding hydrogens is 300 g/mol. The Bertz CT molecular complexity index is 722. The van der Waals surface area contributed by atoms with Gasteiger partial charge in [-0.25, -0.2) is 4.98 Å². The average Bonchev–Trinajstić information content (AvgIpc) is 3.15. The third-order valence-corrected chi connectivity index (χ3v) is 4.83. The van der Waals surface area contributed by atoms with Gasteiger partial charge in [0.05, 0.1) is 6.54 Å². The van der Waals surface area contributed by atoms with Gasteiger partial charge in [-0.05, 0) is 44.4 Å². The number of hydrogen-bond donors (Lipinski definition) is 1. The van der Waals surface area contributed by atoms with E-state index in [1.165, 1.54) is 5.56 Å². The second-order valence-electron chi connectivity index (χ2n) is 6.87. The van der Waals surface area contributed by atoms with E-state index in [2.05, 4.69) is 25.8 Å². The number of nitrogens with zero attached hydrogens (tertiary/aromatic N) is 3. The SMILES string of the molecule is Cc1ccc(C(=O)NC[C@H]2CCN(Cc3nccn3C)C2)c(C)c1. The van der Waals surface area contributed by atoms with Gasteiger partial charge >= 0.3 is 0 Å². The summed E-state index contributed by atoms with van der Waals surface area (Å²) < 4.78 is 2.06. The van der Waals surface area contributed by atoms with E-state index in [1.54, 1.807) is 0 Å². The van der Waals surface area contributed by atoms with E-state index in [0.717, 1.165) is 49.6 Å². The van der Waals surface area contributed by atoms with Crippen molar-refractivity contribution in [1.29, 1.82) is 0 Å². The lowest BCUT2D eigenvalue weighted by Crippen LogP contribution is -2.31. The lowest BCUT2D eigenvalue weighted by Gasteiger charge is -2.16. The lowest BCUT2D eigenvalue weighted by atomic mass is 10.0. The quantitative estimate of drug-likeness (QED) is 0.917. The summed E-state index contributed by atoms with van der Waals surface area (Å²) in [4.78, 5) is 19.2. The van der Waals surface area contributed by atoms with E-state index in [4.69, 9.17) is 0 Å². The highest BCUT2D eigenvalue weighted by molar-refractivity contribution is 5.95. The summed E-state index contributed by atoms with van der Waals surface area (Å²) in [6, 6.07) is 5.97. The molecular formula is C19H26N4O. The third kappa shape index (κ3) is 3.85. The maximum atomic E-state index is 12.4. The number of imidazole rings is 1. The van der Waals surface area contributed by atoms with Gasteiger partial charge in [0.1, 0.15) is 5.82 Å². The van der Waals surface area contributed by atoms with Gasteiger partial charge in [-0.2, -0.15) is 0 Å². The minimum Gasteiger partial charge on any atom is -0.352 e. The standard InChI is InChI=1S/C19H26N4O/c1-14-4-5-17(15(2)10-14)19(24)21-11-16-6-8-23(12-16)13-18-20-7-9-22(18)3/h4-5,7,9-10,16H,6,8,11-13H2,1-3H3,(H,21,24)/t16-/m1/s1. The first-order chi connectivity index (χ1) is 11.5. The molecule has 0 spiro atoms. The molecule has 128 valence electrons. The van der Waals surface area contributed by atoms with Crippen molar-refractivity contribution in [3.8, 4) is 0 Å². The Kier molecular flexibility index (Phi) is 5.00. The highest BCUT2D eigenvalue weighted by Gasteiger charge is 2.24. The zero-order chi connectivity index (χ0) is 17.1. The number of aromatic nitrogens is 2. The van der Waals surface area contributed by atoms with Gasteiger partial charge in [0.15, 0.2) is 0 Å². The molecule has 0 saturated carbocycles. The van der Waals surface area contributed by atoms with Gasteiger partial charge in [0.25, 0.3) is 5.91 Å². The summed E-state index contributed by atoms with van der Waals surface area (Å²) in [5.41, 5.74) is 3.00. The van der Waals surface area contributed by atoms with Crippen molar-refractivity contribution in [3.63, 3.8) is 0 Å². The number of amides is 1. The number of rotatable bonds is 5. The van der Waals surface area contributed by atoms with Gasteiger partial charge in [-0.3, -0.25) is 9.69 Å². The molecule has 5 heteroatoms. The number of carbonyl (C=O) groups is 1. The fourth-order valence-corrected chi connectivity index (χ4v) is 3.37. The van der Waals surface area contributed by atoms with Crippen molar-refractivity contribution in [2.75, 3.05) is 19.6 Å². The largest absolute Gasteiger partial charge is 0.352 e. The van der Waals surface area contributed by atoms with Gasteiger partial charge in [0, 0.05) is 38.1 Å². The van der Waals surface area contributed by atoms with E-state index in [9.17, 15) is 4.79 Å². The number of likely N-dealkylation sites (tertiary alicyclic amines) is 1. The van der Waals surface area contributed by atoms with Crippen LogP contribution in [0, 0.1) is 19.8 Å². The topological polar surface area (TPSA) is 50.2 Å². The van der Waals surface area contributed by atoms with Crippen molar-refractivity contribution in [2.24, 2.45) is 13.0 Å². The zero-order valence-corrected chi connectivity index (χ0v) is 14.7. The molecule has 1 fully saturated rings. The zero-order valence-electron chi connectivity index (χ0n) is 14.7.